The first-order valence-corrected chi connectivity index (χ1v) is 9.87. The maximum atomic E-state index is 14.2. The van der Waals surface area contributed by atoms with E-state index in [-0.39, 0.29) is 22.8 Å². The molecular weight excluding hydrogens is 400 g/mol. The van der Waals surface area contributed by atoms with Gasteiger partial charge in [-0.1, -0.05) is 11.6 Å². The Morgan fingerprint density at radius 2 is 1.84 bits per heavy atom. The Morgan fingerprint density at radius 3 is 2.58 bits per heavy atom. The maximum absolute atomic E-state index is 14.2. The molecule has 8 heteroatoms. The molecule has 1 aliphatic heterocycles. The van der Waals surface area contributed by atoms with E-state index in [1.165, 1.54) is 24.4 Å². The van der Waals surface area contributed by atoms with Crippen LogP contribution in [-0.4, -0.2) is 33.9 Å². The van der Waals surface area contributed by atoms with Gasteiger partial charge in [0.25, 0.3) is 5.91 Å². The molecule has 0 unspecified atom stereocenters. The van der Waals surface area contributed by atoms with Crippen molar-refractivity contribution in [2.75, 3.05) is 23.3 Å². The van der Waals surface area contributed by atoms with Gasteiger partial charge in [0.05, 0.1) is 18.1 Å². The number of amides is 1. The van der Waals surface area contributed by atoms with Crippen LogP contribution in [0, 0.1) is 18.6 Å². The zero-order valence-corrected chi connectivity index (χ0v) is 17.2. The lowest BCUT2D eigenvalue weighted by Crippen LogP contribution is -2.32. The molecule has 1 amide bonds. The first-order chi connectivity index (χ1) is 14.9. The average molecular weight is 421 g/mol. The number of carbonyl (C=O) groups is 1. The van der Waals surface area contributed by atoms with Crippen LogP contribution in [0.2, 0.25) is 0 Å². The SMILES string of the molecule is CC1=C(c2cnc(NC(=O)c3cccc(F)c3C)cn2)CN(c2ncccc2F)CC1. The monoisotopic (exact) mass is 421 g/mol. The van der Waals surface area contributed by atoms with Gasteiger partial charge in [-0.2, -0.15) is 0 Å². The molecule has 0 bridgehead atoms. The number of nitrogens with zero attached hydrogens (tertiary/aromatic N) is 4. The summed E-state index contributed by atoms with van der Waals surface area (Å²) in [6, 6.07) is 7.30. The van der Waals surface area contributed by atoms with Gasteiger partial charge in [-0.05, 0) is 55.7 Å². The van der Waals surface area contributed by atoms with E-state index in [1.807, 2.05) is 11.8 Å². The standard InChI is InChI=1S/C23H21F2N5O/c1-14-8-10-30(22-19(25)7-4-9-26-22)13-17(14)20-11-28-21(12-27-20)29-23(31)16-5-3-6-18(24)15(16)2/h3-7,9,11-12H,8,10,13H2,1-2H3,(H,28,29,31). The molecule has 0 fully saturated rings. The fourth-order valence-corrected chi connectivity index (χ4v) is 3.53. The summed E-state index contributed by atoms with van der Waals surface area (Å²) in [4.78, 5) is 27.2. The molecule has 2 aromatic heterocycles. The number of aromatic nitrogens is 3. The summed E-state index contributed by atoms with van der Waals surface area (Å²) < 4.78 is 27.9. The van der Waals surface area contributed by atoms with Gasteiger partial charge in [-0.15, -0.1) is 0 Å². The summed E-state index contributed by atoms with van der Waals surface area (Å²) in [6.45, 7) is 4.69. The zero-order chi connectivity index (χ0) is 22.0. The molecule has 0 saturated carbocycles. The second kappa shape index (κ2) is 8.59. The molecule has 0 saturated heterocycles. The molecule has 6 nitrogen and oxygen atoms in total. The molecule has 1 aromatic carbocycles. The number of rotatable bonds is 4. The Bertz CT molecular complexity index is 1160. The van der Waals surface area contributed by atoms with Crippen LogP contribution >= 0.6 is 0 Å². The number of hydrogen-bond acceptors (Lipinski definition) is 5. The molecule has 0 atom stereocenters. The minimum atomic E-state index is -0.455. The van der Waals surface area contributed by atoms with Crippen molar-refractivity contribution in [1.29, 1.82) is 0 Å². The predicted octanol–water partition coefficient (Wildman–Crippen LogP) is 4.39. The van der Waals surface area contributed by atoms with Crippen molar-refractivity contribution >= 4 is 23.1 Å². The molecule has 1 aliphatic rings. The normalized spacial score (nSPS) is 14.0. The highest BCUT2D eigenvalue weighted by Gasteiger charge is 2.22. The Kier molecular flexibility index (Phi) is 5.70. The molecule has 158 valence electrons. The van der Waals surface area contributed by atoms with Crippen molar-refractivity contribution in [3.8, 4) is 0 Å². The van der Waals surface area contributed by atoms with E-state index in [9.17, 15) is 13.6 Å². The number of carbonyl (C=O) groups excluding carboxylic acids is 1. The minimum Gasteiger partial charge on any atom is -0.349 e. The Labute approximate surface area is 178 Å². The van der Waals surface area contributed by atoms with Gasteiger partial charge < -0.3 is 10.2 Å². The summed E-state index contributed by atoms with van der Waals surface area (Å²) in [5, 5.41) is 2.64. The van der Waals surface area contributed by atoms with E-state index >= 15 is 0 Å². The fraction of sp³-hybridized carbons (Fsp3) is 0.217. The van der Waals surface area contributed by atoms with Crippen molar-refractivity contribution in [3.63, 3.8) is 0 Å². The number of anilines is 2. The van der Waals surface area contributed by atoms with Crippen LogP contribution in [0.5, 0.6) is 0 Å². The first-order valence-electron chi connectivity index (χ1n) is 9.87. The number of halogens is 2. The highest BCUT2D eigenvalue weighted by atomic mass is 19.1. The van der Waals surface area contributed by atoms with E-state index in [0.717, 1.165) is 17.6 Å². The van der Waals surface area contributed by atoms with Gasteiger partial charge >= 0.3 is 0 Å². The summed E-state index contributed by atoms with van der Waals surface area (Å²) in [5.41, 5.74) is 3.26. The third kappa shape index (κ3) is 4.28. The number of nitrogens with one attached hydrogen (secondary N) is 1. The van der Waals surface area contributed by atoms with Crippen LogP contribution < -0.4 is 10.2 Å². The number of benzene rings is 1. The van der Waals surface area contributed by atoms with E-state index in [4.69, 9.17) is 0 Å². The minimum absolute atomic E-state index is 0.240. The summed E-state index contributed by atoms with van der Waals surface area (Å²) in [7, 11) is 0. The molecule has 3 aromatic rings. The first kappa shape index (κ1) is 20.6. The molecular formula is C23H21F2N5O. The van der Waals surface area contributed by atoms with E-state index in [0.29, 0.717) is 24.6 Å². The maximum Gasteiger partial charge on any atom is 0.257 e. The van der Waals surface area contributed by atoms with Crippen molar-refractivity contribution in [3.05, 3.63) is 83.0 Å². The van der Waals surface area contributed by atoms with Crippen LogP contribution in [-0.2, 0) is 0 Å². The summed E-state index contributed by atoms with van der Waals surface area (Å²) >= 11 is 0. The topological polar surface area (TPSA) is 71.0 Å². The lowest BCUT2D eigenvalue weighted by Gasteiger charge is -2.30. The van der Waals surface area contributed by atoms with E-state index < -0.39 is 11.7 Å². The summed E-state index contributed by atoms with van der Waals surface area (Å²) in [5.74, 6) is -0.682. The van der Waals surface area contributed by atoms with Gasteiger partial charge in [0.1, 0.15) is 5.82 Å². The number of hydrogen-bond donors (Lipinski definition) is 1. The molecule has 31 heavy (non-hydrogen) atoms. The fourth-order valence-electron chi connectivity index (χ4n) is 3.53. The van der Waals surface area contributed by atoms with Crippen LogP contribution in [0.15, 0.2) is 54.5 Å². The van der Waals surface area contributed by atoms with Crippen molar-refractivity contribution in [2.45, 2.75) is 20.3 Å². The largest absolute Gasteiger partial charge is 0.349 e. The van der Waals surface area contributed by atoms with Gasteiger partial charge in [-0.25, -0.2) is 18.7 Å². The van der Waals surface area contributed by atoms with Gasteiger partial charge in [0.2, 0.25) is 0 Å². The molecule has 3 heterocycles. The lowest BCUT2D eigenvalue weighted by atomic mass is 9.99. The smallest absolute Gasteiger partial charge is 0.257 e. The zero-order valence-electron chi connectivity index (χ0n) is 17.2. The lowest BCUT2D eigenvalue weighted by molar-refractivity contribution is 0.102. The quantitative estimate of drug-likeness (QED) is 0.676. The third-order valence-corrected chi connectivity index (χ3v) is 5.37. The van der Waals surface area contributed by atoms with Crippen molar-refractivity contribution in [1.82, 2.24) is 15.0 Å². The van der Waals surface area contributed by atoms with Crippen LogP contribution in [0.3, 0.4) is 0 Å². The van der Waals surface area contributed by atoms with E-state index in [2.05, 4.69) is 20.3 Å². The number of pyridine rings is 1. The molecule has 4 rings (SSSR count). The molecule has 0 aliphatic carbocycles. The second-order valence-electron chi connectivity index (χ2n) is 7.39. The molecule has 0 radical (unpaired) electrons. The molecule has 1 N–H and O–H groups in total. The van der Waals surface area contributed by atoms with Gasteiger partial charge in [-0.3, -0.25) is 9.78 Å². The van der Waals surface area contributed by atoms with Crippen LogP contribution in [0.25, 0.3) is 5.57 Å². The highest BCUT2D eigenvalue weighted by molar-refractivity contribution is 6.04. The Morgan fingerprint density at radius 1 is 1.03 bits per heavy atom. The Balaban J connectivity index is 1.51. The van der Waals surface area contributed by atoms with Gasteiger partial charge in [0.15, 0.2) is 17.5 Å². The average Bonchev–Trinajstić information content (AvgIpc) is 2.77. The van der Waals surface area contributed by atoms with E-state index in [1.54, 1.807) is 31.5 Å². The van der Waals surface area contributed by atoms with Crippen LogP contribution in [0.1, 0.15) is 35.0 Å². The van der Waals surface area contributed by atoms with Crippen molar-refractivity contribution < 1.29 is 13.6 Å². The molecule has 0 spiro atoms. The van der Waals surface area contributed by atoms with Gasteiger partial charge in [0, 0.05) is 24.8 Å². The van der Waals surface area contributed by atoms with Crippen molar-refractivity contribution in [2.24, 2.45) is 0 Å². The second-order valence-corrected chi connectivity index (χ2v) is 7.39. The predicted molar refractivity (Wildman–Crippen MR) is 115 cm³/mol. The highest BCUT2D eigenvalue weighted by Crippen LogP contribution is 2.29. The third-order valence-electron chi connectivity index (χ3n) is 5.37. The Hall–Kier alpha value is -3.68. The summed E-state index contributed by atoms with van der Waals surface area (Å²) in [6.07, 6.45) is 5.36. The van der Waals surface area contributed by atoms with Crippen LogP contribution in [0.4, 0.5) is 20.4 Å².